The van der Waals surface area contributed by atoms with Gasteiger partial charge in [0.15, 0.2) is 0 Å². The molecular formula is C9H20N2. The van der Waals surface area contributed by atoms with Gasteiger partial charge in [0.25, 0.3) is 0 Å². The van der Waals surface area contributed by atoms with Crippen LogP contribution in [0.5, 0.6) is 0 Å². The van der Waals surface area contributed by atoms with E-state index in [4.69, 9.17) is 0 Å². The van der Waals surface area contributed by atoms with Crippen LogP contribution in [-0.4, -0.2) is 24.7 Å². The Balaban J connectivity index is 1.88. The lowest BCUT2D eigenvalue weighted by atomic mass is 10.3. The molecule has 0 spiro atoms. The van der Waals surface area contributed by atoms with Crippen LogP contribution in [0.3, 0.4) is 0 Å². The summed E-state index contributed by atoms with van der Waals surface area (Å²) < 4.78 is 0. The van der Waals surface area contributed by atoms with E-state index >= 15 is 0 Å². The van der Waals surface area contributed by atoms with Crippen molar-refractivity contribution in [1.82, 2.24) is 10.6 Å². The highest BCUT2D eigenvalue weighted by atomic mass is 15.0. The van der Waals surface area contributed by atoms with Crippen molar-refractivity contribution in [2.45, 2.75) is 45.2 Å². The Morgan fingerprint density at radius 3 is 2.36 bits per heavy atom. The minimum Gasteiger partial charge on any atom is -0.313 e. The van der Waals surface area contributed by atoms with Gasteiger partial charge in [0.05, 0.1) is 0 Å². The van der Waals surface area contributed by atoms with Crippen LogP contribution in [0.25, 0.3) is 0 Å². The molecule has 11 heavy (non-hydrogen) atoms. The molecule has 0 aliphatic heterocycles. The van der Waals surface area contributed by atoms with Crippen LogP contribution in [0, 0.1) is 0 Å². The highest BCUT2D eigenvalue weighted by Crippen LogP contribution is 2.33. The molecule has 0 heterocycles. The van der Waals surface area contributed by atoms with Gasteiger partial charge in [0.2, 0.25) is 0 Å². The fourth-order valence-electron chi connectivity index (χ4n) is 1.09. The molecule has 1 aliphatic rings. The van der Waals surface area contributed by atoms with Crippen molar-refractivity contribution >= 4 is 0 Å². The largest absolute Gasteiger partial charge is 0.313 e. The molecule has 1 fully saturated rings. The van der Waals surface area contributed by atoms with Crippen LogP contribution in [0.15, 0.2) is 0 Å². The van der Waals surface area contributed by atoms with Crippen LogP contribution >= 0.6 is 0 Å². The molecular weight excluding hydrogens is 136 g/mol. The third-order valence-corrected chi connectivity index (χ3v) is 2.23. The first kappa shape index (κ1) is 9.01. The zero-order valence-electron chi connectivity index (χ0n) is 7.91. The van der Waals surface area contributed by atoms with Crippen molar-refractivity contribution < 1.29 is 0 Å². The molecule has 0 radical (unpaired) electrons. The lowest BCUT2D eigenvalue weighted by molar-refractivity contribution is 0.498. The van der Waals surface area contributed by atoms with Crippen molar-refractivity contribution in [3.8, 4) is 0 Å². The Kier molecular flexibility index (Phi) is 2.90. The summed E-state index contributed by atoms with van der Waals surface area (Å²) in [5.74, 6) is 0. The second kappa shape index (κ2) is 3.55. The second-order valence-electron chi connectivity index (χ2n) is 4.10. The van der Waals surface area contributed by atoms with Gasteiger partial charge in [-0.1, -0.05) is 13.8 Å². The summed E-state index contributed by atoms with van der Waals surface area (Å²) in [4.78, 5) is 0. The summed E-state index contributed by atoms with van der Waals surface area (Å²) in [7, 11) is 0. The highest BCUT2D eigenvalue weighted by molar-refractivity contribution is 4.97. The van der Waals surface area contributed by atoms with Gasteiger partial charge in [-0.3, -0.25) is 0 Å². The van der Waals surface area contributed by atoms with Crippen molar-refractivity contribution in [2.75, 3.05) is 13.1 Å². The maximum atomic E-state index is 3.53. The van der Waals surface area contributed by atoms with Crippen LogP contribution < -0.4 is 10.6 Å². The molecule has 0 unspecified atom stereocenters. The van der Waals surface area contributed by atoms with E-state index in [1.54, 1.807) is 0 Å². The van der Waals surface area contributed by atoms with Crippen molar-refractivity contribution in [3.63, 3.8) is 0 Å². The first-order valence-corrected chi connectivity index (χ1v) is 4.61. The molecule has 0 saturated heterocycles. The topological polar surface area (TPSA) is 24.1 Å². The lowest BCUT2D eigenvalue weighted by Crippen LogP contribution is -2.36. The maximum Gasteiger partial charge on any atom is 0.0155 e. The van der Waals surface area contributed by atoms with E-state index in [1.807, 2.05) is 0 Å². The number of hydrogen-bond acceptors (Lipinski definition) is 2. The molecule has 1 rings (SSSR count). The monoisotopic (exact) mass is 156 g/mol. The standard InChI is InChI=1S/C9H20N2/c1-8(2)10-6-7-11-9(3)4-5-9/h8,10-11H,4-7H2,1-3H3. The lowest BCUT2D eigenvalue weighted by Gasteiger charge is -2.12. The molecule has 2 nitrogen and oxygen atoms in total. The minimum absolute atomic E-state index is 0.499. The minimum atomic E-state index is 0.499. The van der Waals surface area contributed by atoms with E-state index in [0.717, 1.165) is 13.1 Å². The van der Waals surface area contributed by atoms with E-state index in [-0.39, 0.29) is 0 Å². The van der Waals surface area contributed by atoms with E-state index < -0.39 is 0 Å². The molecule has 0 atom stereocenters. The Hall–Kier alpha value is -0.0800. The van der Waals surface area contributed by atoms with Gasteiger partial charge in [0, 0.05) is 24.7 Å². The smallest absolute Gasteiger partial charge is 0.0155 e. The number of nitrogens with one attached hydrogen (secondary N) is 2. The van der Waals surface area contributed by atoms with Crippen LogP contribution in [0.2, 0.25) is 0 Å². The Bertz CT molecular complexity index is 117. The molecule has 1 aliphatic carbocycles. The fourth-order valence-corrected chi connectivity index (χ4v) is 1.09. The average Bonchev–Trinajstić information content (AvgIpc) is 2.62. The molecule has 2 heteroatoms. The van der Waals surface area contributed by atoms with Crippen LogP contribution in [-0.2, 0) is 0 Å². The first-order chi connectivity index (χ1) is 5.12. The summed E-state index contributed by atoms with van der Waals surface area (Å²) in [6.45, 7) is 8.85. The van der Waals surface area contributed by atoms with Crippen molar-refractivity contribution in [2.24, 2.45) is 0 Å². The SMILES string of the molecule is CC(C)NCCNC1(C)CC1. The summed E-state index contributed by atoms with van der Waals surface area (Å²) in [6, 6.07) is 0.615. The van der Waals surface area contributed by atoms with E-state index in [9.17, 15) is 0 Å². The van der Waals surface area contributed by atoms with E-state index in [2.05, 4.69) is 31.4 Å². The Morgan fingerprint density at radius 1 is 1.27 bits per heavy atom. The third-order valence-electron chi connectivity index (χ3n) is 2.23. The predicted molar refractivity (Wildman–Crippen MR) is 48.8 cm³/mol. The van der Waals surface area contributed by atoms with Crippen LogP contribution in [0.1, 0.15) is 33.6 Å². The van der Waals surface area contributed by atoms with Crippen molar-refractivity contribution in [1.29, 1.82) is 0 Å². The maximum absolute atomic E-state index is 3.53. The van der Waals surface area contributed by atoms with E-state index in [1.165, 1.54) is 12.8 Å². The average molecular weight is 156 g/mol. The molecule has 0 bridgehead atoms. The van der Waals surface area contributed by atoms with Gasteiger partial charge in [-0.15, -0.1) is 0 Å². The van der Waals surface area contributed by atoms with Gasteiger partial charge in [-0.2, -0.15) is 0 Å². The molecule has 0 aromatic heterocycles. The molecule has 1 saturated carbocycles. The summed E-state index contributed by atoms with van der Waals surface area (Å²) in [5.41, 5.74) is 0.499. The number of hydrogen-bond donors (Lipinski definition) is 2. The van der Waals surface area contributed by atoms with Gasteiger partial charge in [-0.25, -0.2) is 0 Å². The fraction of sp³-hybridized carbons (Fsp3) is 1.00. The summed E-state index contributed by atoms with van der Waals surface area (Å²) in [5, 5.41) is 6.91. The van der Waals surface area contributed by atoms with Gasteiger partial charge in [0.1, 0.15) is 0 Å². The van der Waals surface area contributed by atoms with Crippen molar-refractivity contribution in [3.05, 3.63) is 0 Å². The Morgan fingerprint density at radius 2 is 1.91 bits per heavy atom. The molecule has 0 aromatic rings. The predicted octanol–water partition coefficient (Wildman–Crippen LogP) is 1.13. The Labute approximate surface area is 69.8 Å². The highest BCUT2D eigenvalue weighted by Gasteiger charge is 2.35. The molecule has 2 N–H and O–H groups in total. The van der Waals surface area contributed by atoms with E-state index in [0.29, 0.717) is 11.6 Å². The molecule has 0 aromatic carbocycles. The molecule has 66 valence electrons. The van der Waals surface area contributed by atoms with Gasteiger partial charge < -0.3 is 10.6 Å². The third kappa shape index (κ3) is 3.73. The normalized spacial score (nSPS) is 20.7. The zero-order chi connectivity index (χ0) is 8.32. The van der Waals surface area contributed by atoms with Gasteiger partial charge >= 0.3 is 0 Å². The van der Waals surface area contributed by atoms with Crippen LogP contribution in [0.4, 0.5) is 0 Å². The summed E-state index contributed by atoms with van der Waals surface area (Å²) in [6.07, 6.45) is 2.71. The molecule has 0 amide bonds. The quantitative estimate of drug-likeness (QED) is 0.583. The first-order valence-electron chi connectivity index (χ1n) is 4.61. The second-order valence-corrected chi connectivity index (χ2v) is 4.10. The zero-order valence-corrected chi connectivity index (χ0v) is 7.91. The summed E-state index contributed by atoms with van der Waals surface area (Å²) >= 11 is 0. The number of rotatable bonds is 5. The van der Waals surface area contributed by atoms with Gasteiger partial charge in [-0.05, 0) is 19.8 Å².